The van der Waals surface area contributed by atoms with Gasteiger partial charge in [0, 0.05) is 17.7 Å². The van der Waals surface area contributed by atoms with E-state index in [0.29, 0.717) is 11.1 Å². The summed E-state index contributed by atoms with van der Waals surface area (Å²) in [5.41, 5.74) is 11.6. The van der Waals surface area contributed by atoms with E-state index in [0.717, 1.165) is 0 Å². The Morgan fingerprint density at radius 2 is 1.74 bits per heavy atom. The molecule has 0 spiro atoms. The Labute approximate surface area is 245 Å². The standard InChI is InChI=1S/C30H30N6O7/c1-36(2)23-22(39)18(26(32)42)24(40)29(13-31)25(41)19-21(38)17-15(10-28(19,33)12-30(23,29)34)8-9-16(20(17)37)11-35-27(43)14-6-4-3-5-7-14/h3-9,23,37-38,40H,10-12,33-34H2,1-2H3,(H2,32,42)(H,35,43)/t23-,28-,29+,30-/m1/s1. The van der Waals surface area contributed by atoms with Gasteiger partial charge in [-0.3, -0.25) is 24.1 Å². The number of hydrogen-bond acceptors (Lipinski definition) is 11. The van der Waals surface area contributed by atoms with Crippen molar-refractivity contribution in [1.29, 1.82) is 5.26 Å². The number of nitrogens with zero attached hydrogens (tertiary/aromatic N) is 2. The molecule has 2 aromatic rings. The first-order valence-corrected chi connectivity index (χ1v) is 13.2. The number of aliphatic hydroxyl groups excluding tert-OH is 2. The van der Waals surface area contributed by atoms with Crippen LogP contribution in [0.25, 0.3) is 5.76 Å². The number of aromatic hydroxyl groups is 1. The van der Waals surface area contributed by atoms with Crippen molar-refractivity contribution < 1.29 is 34.5 Å². The number of likely N-dealkylation sites (N-methyl/N-ethyl adjacent to an activating group) is 1. The minimum atomic E-state index is -2.74. The topological polar surface area (TPSA) is 246 Å². The van der Waals surface area contributed by atoms with Crippen LogP contribution in [0.4, 0.5) is 0 Å². The molecule has 0 heterocycles. The number of nitrogens with one attached hydrogen (secondary N) is 1. The van der Waals surface area contributed by atoms with Gasteiger partial charge in [-0.1, -0.05) is 30.3 Å². The third kappa shape index (κ3) is 3.88. The fourth-order valence-corrected chi connectivity index (χ4v) is 6.87. The highest BCUT2D eigenvalue weighted by Gasteiger charge is 2.74. The summed E-state index contributed by atoms with van der Waals surface area (Å²) in [6.07, 6.45) is -0.613. The number of aliphatic hydroxyl groups is 2. The van der Waals surface area contributed by atoms with Gasteiger partial charge in [-0.05, 0) is 44.6 Å². The van der Waals surface area contributed by atoms with E-state index >= 15 is 0 Å². The van der Waals surface area contributed by atoms with Gasteiger partial charge in [0.1, 0.15) is 22.8 Å². The highest BCUT2D eigenvalue weighted by atomic mass is 16.3. The summed E-state index contributed by atoms with van der Waals surface area (Å²) in [6, 6.07) is 11.7. The lowest BCUT2D eigenvalue weighted by molar-refractivity contribution is -0.139. The highest BCUT2D eigenvalue weighted by molar-refractivity contribution is 6.25. The lowest BCUT2D eigenvalue weighted by Crippen LogP contribution is -2.80. The van der Waals surface area contributed by atoms with Crippen molar-refractivity contribution in [2.24, 2.45) is 22.6 Å². The van der Waals surface area contributed by atoms with Crippen molar-refractivity contribution in [3.8, 4) is 11.8 Å². The number of primary amides is 1. The molecule has 1 fully saturated rings. The molecule has 43 heavy (non-hydrogen) atoms. The van der Waals surface area contributed by atoms with Gasteiger partial charge in [0.2, 0.25) is 0 Å². The van der Waals surface area contributed by atoms with Crippen molar-refractivity contribution in [3.05, 3.63) is 81.6 Å². The molecule has 0 aromatic heterocycles. The van der Waals surface area contributed by atoms with Crippen molar-refractivity contribution in [1.82, 2.24) is 10.2 Å². The van der Waals surface area contributed by atoms with E-state index in [9.17, 15) is 39.8 Å². The number of carbonyl (C=O) groups excluding carboxylic acids is 4. The van der Waals surface area contributed by atoms with Crippen LogP contribution in [-0.2, 0) is 27.3 Å². The van der Waals surface area contributed by atoms with E-state index < -0.39 is 80.8 Å². The first-order valence-electron chi connectivity index (χ1n) is 13.2. The molecule has 5 rings (SSSR count). The molecule has 2 amide bonds. The molecule has 0 saturated heterocycles. The molecule has 10 N–H and O–H groups in total. The SMILES string of the molecule is CN(C)[C@@H]1C(=O)C(C(N)=O)=C(O)[C@@]2(C#N)C(=O)C3=C(O)c4c(ccc(CNC(=O)c5ccccc5)c4O)C[C@@]3(N)C[C@@]12N. The highest BCUT2D eigenvalue weighted by Crippen LogP contribution is 2.58. The summed E-state index contributed by atoms with van der Waals surface area (Å²) >= 11 is 0. The number of Topliss-reactive ketones (excluding diaryl/α,β-unsaturated/α-hetero) is 2. The van der Waals surface area contributed by atoms with Crippen LogP contribution in [0, 0.1) is 16.7 Å². The summed E-state index contributed by atoms with van der Waals surface area (Å²) in [4.78, 5) is 54.0. The molecule has 0 bridgehead atoms. The number of nitriles is 1. The van der Waals surface area contributed by atoms with Gasteiger partial charge in [-0.2, -0.15) is 5.26 Å². The monoisotopic (exact) mass is 586 g/mol. The van der Waals surface area contributed by atoms with Crippen LogP contribution in [-0.4, -0.2) is 74.8 Å². The molecule has 3 aliphatic rings. The van der Waals surface area contributed by atoms with E-state index in [1.807, 2.05) is 0 Å². The zero-order chi connectivity index (χ0) is 31.6. The number of benzene rings is 2. The number of hydrogen-bond donors (Lipinski definition) is 7. The van der Waals surface area contributed by atoms with Gasteiger partial charge < -0.3 is 37.8 Å². The Morgan fingerprint density at radius 3 is 2.33 bits per heavy atom. The fourth-order valence-electron chi connectivity index (χ4n) is 6.87. The second-order valence-corrected chi connectivity index (χ2v) is 11.4. The van der Waals surface area contributed by atoms with Crippen molar-refractivity contribution in [2.45, 2.75) is 36.5 Å². The Balaban J connectivity index is 1.66. The maximum absolute atomic E-state index is 14.4. The van der Waals surface area contributed by atoms with Gasteiger partial charge >= 0.3 is 0 Å². The van der Waals surface area contributed by atoms with Crippen molar-refractivity contribution in [3.63, 3.8) is 0 Å². The van der Waals surface area contributed by atoms with Gasteiger partial charge in [-0.15, -0.1) is 0 Å². The fraction of sp³-hybridized carbons (Fsp3) is 0.300. The zero-order valence-electron chi connectivity index (χ0n) is 23.3. The van der Waals surface area contributed by atoms with Gasteiger partial charge in [0.05, 0.1) is 34.3 Å². The lowest BCUT2D eigenvalue weighted by Gasteiger charge is -2.58. The van der Waals surface area contributed by atoms with E-state index in [2.05, 4.69) is 5.32 Å². The Hall–Kier alpha value is -5.03. The number of ketones is 2. The third-order valence-electron chi connectivity index (χ3n) is 8.68. The van der Waals surface area contributed by atoms with Crippen molar-refractivity contribution in [2.75, 3.05) is 14.1 Å². The number of rotatable bonds is 5. The number of nitrogens with two attached hydrogens (primary N) is 3. The maximum atomic E-state index is 14.4. The molecule has 0 unspecified atom stereocenters. The summed E-state index contributed by atoms with van der Waals surface area (Å²) in [7, 11) is 2.90. The number of amides is 2. The van der Waals surface area contributed by atoms with Crippen LogP contribution >= 0.6 is 0 Å². The summed E-state index contributed by atoms with van der Waals surface area (Å²) < 4.78 is 0. The van der Waals surface area contributed by atoms with Gasteiger partial charge in [0.25, 0.3) is 11.8 Å². The predicted molar refractivity (Wildman–Crippen MR) is 152 cm³/mol. The molecule has 1 saturated carbocycles. The Morgan fingerprint density at radius 1 is 1.09 bits per heavy atom. The second-order valence-electron chi connectivity index (χ2n) is 11.4. The predicted octanol–water partition coefficient (Wildman–Crippen LogP) is -0.165. The van der Waals surface area contributed by atoms with Crippen LogP contribution in [0.2, 0.25) is 0 Å². The van der Waals surface area contributed by atoms with Crippen LogP contribution in [0.15, 0.2) is 59.4 Å². The van der Waals surface area contributed by atoms with E-state index in [1.54, 1.807) is 42.5 Å². The molecular formula is C30H30N6O7. The molecule has 222 valence electrons. The molecule has 2 aromatic carbocycles. The zero-order valence-corrected chi connectivity index (χ0v) is 23.3. The maximum Gasteiger partial charge on any atom is 0.255 e. The quantitative estimate of drug-likeness (QED) is 0.227. The second kappa shape index (κ2) is 9.77. The minimum Gasteiger partial charge on any atom is -0.509 e. The van der Waals surface area contributed by atoms with E-state index in [1.165, 1.54) is 25.1 Å². The molecule has 4 atom stereocenters. The molecule has 0 aliphatic heterocycles. The largest absolute Gasteiger partial charge is 0.509 e. The third-order valence-corrected chi connectivity index (χ3v) is 8.68. The molecule has 13 heteroatoms. The van der Waals surface area contributed by atoms with Crippen LogP contribution < -0.4 is 22.5 Å². The number of phenolic OH excluding ortho intramolecular Hbond substituents is 1. The normalized spacial score (nSPS) is 28.1. The van der Waals surface area contributed by atoms with Crippen LogP contribution in [0.5, 0.6) is 5.75 Å². The first kappa shape index (κ1) is 29.5. The van der Waals surface area contributed by atoms with Crippen molar-refractivity contribution >= 4 is 29.1 Å². The molecule has 0 radical (unpaired) electrons. The van der Waals surface area contributed by atoms with Crippen LogP contribution in [0.3, 0.4) is 0 Å². The molecular weight excluding hydrogens is 556 g/mol. The number of fused-ring (bicyclic) bond motifs is 3. The average molecular weight is 587 g/mol. The number of carbonyl (C=O) groups is 4. The molecule has 13 nitrogen and oxygen atoms in total. The smallest absolute Gasteiger partial charge is 0.255 e. The van der Waals surface area contributed by atoms with Gasteiger partial charge in [0.15, 0.2) is 17.0 Å². The average Bonchev–Trinajstić information content (AvgIpc) is 2.91. The summed E-state index contributed by atoms with van der Waals surface area (Å²) in [5.74, 6) is -6.40. The number of phenols is 1. The lowest BCUT2D eigenvalue weighted by atomic mass is 9.47. The Bertz CT molecular complexity index is 1730. The van der Waals surface area contributed by atoms with E-state index in [-0.39, 0.29) is 24.1 Å². The Kier molecular flexibility index (Phi) is 6.69. The van der Waals surface area contributed by atoms with E-state index in [4.69, 9.17) is 17.2 Å². The summed E-state index contributed by atoms with van der Waals surface area (Å²) in [5, 5.41) is 47.2. The summed E-state index contributed by atoms with van der Waals surface area (Å²) in [6.45, 7) is -0.136. The molecule has 3 aliphatic carbocycles. The van der Waals surface area contributed by atoms with Gasteiger partial charge in [-0.25, -0.2) is 0 Å². The minimum absolute atomic E-state index is 0.136. The first-order chi connectivity index (χ1) is 20.2. The van der Waals surface area contributed by atoms with Crippen LogP contribution in [0.1, 0.15) is 33.5 Å².